The van der Waals surface area contributed by atoms with Crippen molar-refractivity contribution in [3.8, 4) is 0 Å². The number of nitro benzene ring substituents is 1. The highest BCUT2D eigenvalue weighted by atomic mass is 79.9. The van der Waals surface area contributed by atoms with Gasteiger partial charge in [-0.3, -0.25) is 14.9 Å². The molecule has 8 heteroatoms. The number of halogens is 3. The number of nitro groups is 1. The van der Waals surface area contributed by atoms with Gasteiger partial charge in [0.1, 0.15) is 4.83 Å². The van der Waals surface area contributed by atoms with E-state index in [4.69, 9.17) is 23.2 Å². The summed E-state index contributed by atoms with van der Waals surface area (Å²) < 4.78 is 4.52. The number of alkyl halides is 1. The van der Waals surface area contributed by atoms with E-state index in [1.54, 1.807) is 0 Å². The molecule has 0 aliphatic heterocycles. The molecule has 0 aliphatic carbocycles. The van der Waals surface area contributed by atoms with Crippen LogP contribution in [0.4, 0.5) is 5.69 Å². The highest BCUT2D eigenvalue weighted by Gasteiger charge is 2.24. The third-order valence-electron chi connectivity index (χ3n) is 2.17. The molecule has 0 aliphatic rings. The number of carbonyl (C=O) groups is 1. The van der Waals surface area contributed by atoms with E-state index in [0.717, 1.165) is 0 Å². The van der Waals surface area contributed by atoms with Crippen molar-refractivity contribution >= 4 is 50.8 Å². The number of rotatable bonds is 4. The molecule has 0 aromatic heterocycles. The number of hydrogen-bond donors (Lipinski definition) is 0. The molecule has 1 atom stereocenters. The lowest BCUT2D eigenvalue weighted by Gasteiger charge is -2.10. The van der Waals surface area contributed by atoms with Gasteiger partial charge in [0.15, 0.2) is 0 Å². The fourth-order valence-corrected chi connectivity index (χ4v) is 2.42. The highest BCUT2D eigenvalue weighted by molar-refractivity contribution is 9.10. The molecule has 0 fully saturated rings. The normalized spacial score (nSPS) is 12.0. The van der Waals surface area contributed by atoms with E-state index in [1.807, 2.05) is 0 Å². The molecule has 0 spiro atoms. The van der Waals surface area contributed by atoms with Crippen LogP contribution in [0.25, 0.3) is 0 Å². The van der Waals surface area contributed by atoms with Crippen molar-refractivity contribution in [3.05, 3.63) is 37.9 Å². The third-order valence-corrected chi connectivity index (χ3v) is 3.43. The van der Waals surface area contributed by atoms with Gasteiger partial charge in [-0.15, -0.1) is 0 Å². The van der Waals surface area contributed by atoms with Gasteiger partial charge in [-0.05, 0) is 6.07 Å². The van der Waals surface area contributed by atoms with Gasteiger partial charge in [0.05, 0.1) is 22.6 Å². The Kier molecular flexibility index (Phi) is 5.37. The Hall–Kier alpha value is -0.850. The van der Waals surface area contributed by atoms with Gasteiger partial charge in [0.25, 0.3) is 5.69 Å². The minimum absolute atomic E-state index is 0.0407. The maximum absolute atomic E-state index is 11.3. The number of hydrogen-bond acceptors (Lipinski definition) is 4. The second-order valence-electron chi connectivity index (χ2n) is 3.34. The number of nitrogens with zero attached hydrogens (tertiary/aromatic N) is 1. The highest BCUT2D eigenvalue weighted by Crippen LogP contribution is 2.32. The largest absolute Gasteiger partial charge is 0.468 e. The summed E-state index contributed by atoms with van der Waals surface area (Å²) in [4.78, 5) is 20.9. The molecule has 1 aromatic rings. The monoisotopic (exact) mass is 355 g/mol. The lowest BCUT2D eigenvalue weighted by Crippen LogP contribution is -2.18. The molecule has 0 heterocycles. The molecule has 0 bridgehead atoms. The van der Waals surface area contributed by atoms with E-state index in [9.17, 15) is 14.9 Å². The first-order valence-electron chi connectivity index (χ1n) is 4.71. The zero-order valence-corrected chi connectivity index (χ0v) is 12.3. The van der Waals surface area contributed by atoms with Crippen LogP contribution >= 0.6 is 39.1 Å². The van der Waals surface area contributed by atoms with Crippen LogP contribution in [-0.4, -0.2) is 22.8 Å². The zero-order chi connectivity index (χ0) is 13.9. The first kappa shape index (κ1) is 15.2. The summed E-state index contributed by atoms with van der Waals surface area (Å²) in [6, 6.07) is 2.59. The third kappa shape index (κ3) is 3.57. The van der Waals surface area contributed by atoms with Crippen LogP contribution < -0.4 is 0 Å². The SMILES string of the molecule is COC(=O)C(Br)Cc1c(Cl)cc(Cl)cc1[N+](=O)[O-]. The Morgan fingerprint density at radius 1 is 1.56 bits per heavy atom. The molecular formula is C10H8BrCl2NO4. The lowest BCUT2D eigenvalue weighted by molar-refractivity contribution is -0.385. The summed E-state index contributed by atoms with van der Waals surface area (Å²) in [5.41, 5.74) is 0.0131. The predicted octanol–water partition coefficient (Wildman–Crippen LogP) is 3.38. The van der Waals surface area contributed by atoms with Gasteiger partial charge in [-0.2, -0.15) is 0 Å². The number of esters is 1. The van der Waals surface area contributed by atoms with Gasteiger partial charge in [0, 0.05) is 17.5 Å². The van der Waals surface area contributed by atoms with Gasteiger partial charge >= 0.3 is 5.97 Å². The lowest BCUT2D eigenvalue weighted by atomic mass is 10.1. The van der Waals surface area contributed by atoms with Crippen LogP contribution in [0.3, 0.4) is 0 Å². The number of carbonyl (C=O) groups excluding carboxylic acids is 1. The van der Waals surface area contributed by atoms with E-state index in [0.29, 0.717) is 0 Å². The Morgan fingerprint density at radius 3 is 2.67 bits per heavy atom. The average molecular weight is 357 g/mol. The van der Waals surface area contributed by atoms with Gasteiger partial charge < -0.3 is 4.74 Å². The Morgan fingerprint density at radius 2 is 2.17 bits per heavy atom. The second-order valence-corrected chi connectivity index (χ2v) is 5.29. The van der Waals surface area contributed by atoms with Crippen LogP contribution in [0.1, 0.15) is 5.56 Å². The molecule has 5 nitrogen and oxygen atoms in total. The minimum Gasteiger partial charge on any atom is -0.468 e. The average Bonchev–Trinajstić information content (AvgIpc) is 2.30. The number of benzene rings is 1. The fraction of sp³-hybridized carbons (Fsp3) is 0.300. The van der Waals surface area contributed by atoms with Crippen LogP contribution in [0.15, 0.2) is 12.1 Å². The van der Waals surface area contributed by atoms with Crippen molar-refractivity contribution in [1.82, 2.24) is 0 Å². The van der Waals surface area contributed by atoms with Gasteiger partial charge in [0.2, 0.25) is 0 Å². The number of ether oxygens (including phenoxy) is 1. The number of methoxy groups -OCH3 is 1. The van der Waals surface area contributed by atoms with E-state index >= 15 is 0 Å². The summed E-state index contributed by atoms with van der Waals surface area (Å²) >= 11 is 14.7. The van der Waals surface area contributed by atoms with Crippen LogP contribution in [0, 0.1) is 10.1 Å². The molecule has 0 N–H and O–H groups in total. The predicted molar refractivity (Wildman–Crippen MR) is 71.6 cm³/mol. The second kappa shape index (κ2) is 6.36. The summed E-state index contributed by atoms with van der Waals surface area (Å²) in [6.07, 6.45) is 0.0407. The molecule has 0 amide bonds. The van der Waals surface area contributed by atoms with E-state index in [-0.39, 0.29) is 27.7 Å². The van der Waals surface area contributed by atoms with Crippen molar-refractivity contribution in [2.75, 3.05) is 7.11 Å². The van der Waals surface area contributed by atoms with Crippen molar-refractivity contribution in [2.45, 2.75) is 11.2 Å². The molecule has 18 heavy (non-hydrogen) atoms. The van der Waals surface area contributed by atoms with E-state index in [2.05, 4.69) is 20.7 Å². The molecular weight excluding hydrogens is 349 g/mol. The molecule has 1 rings (SSSR count). The zero-order valence-electron chi connectivity index (χ0n) is 9.15. The van der Waals surface area contributed by atoms with Gasteiger partial charge in [-0.25, -0.2) is 0 Å². The van der Waals surface area contributed by atoms with Crippen LogP contribution in [0.5, 0.6) is 0 Å². The first-order chi connectivity index (χ1) is 8.36. The topological polar surface area (TPSA) is 69.4 Å². The summed E-state index contributed by atoms with van der Waals surface area (Å²) in [7, 11) is 1.23. The summed E-state index contributed by atoms with van der Waals surface area (Å²) in [6.45, 7) is 0. The van der Waals surface area contributed by atoms with Gasteiger partial charge in [-0.1, -0.05) is 39.1 Å². The minimum atomic E-state index is -0.708. The molecule has 0 radical (unpaired) electrons. The van der Waals surface area contributed by atoms with Crippen LogP contribution in [0.2, 0.25) is 10.0 Å². The standard InChI is InChI=1S/C10H8BrCl2NO4/c1-18-10(15)7(11)4-6-8(13)2-5(12)3-9(6)14(16)17/h2-3,7H,4H2,1H3. The van der Waals surface area contributed by atoms with E-state index in [1.165, 1.54) is 19.2 Å². The Bertz CT molecular complexity index is 495. The quantitative estimate of drug-likeness (QED) is 0.359. The maximum atomic E-state index is 11.3. The van der Waals surface area contributed by atoms with Crippen LogP contribution in [-0.2, 0) is 16.0 Å². The summed E-state index contributed by atoms with van der Waals surface area (Å²) in [5, 5.41) is 11.2. The Balaban J connectivity index is 3.15. The van der Waals surface area contributed by atoms with Crippen molar-refractivity contribution in [3.63, 3.8) is 0 Å². The molecule has 1 unspecified atom stereocenters. The molecule has 0 saturated carbocycles. The van der Waals surface area contributed by atoms with Crippen molar-refractivity contribution in [2.24, 2.45) is 0 Å². The maximum Gasteiger partial charge on any atom is 0.319 e. The fourth-order valence-electron chi connectivity index (χ4n) is 1.35. The van der Waals surface area contributed by atoms with Crippen molar-refractivity contribution < 1.29 is 14.5 Å². The molecule has 1 aromatic carbocycles. The Labute approximate surface area is 121 Å². The molecule has 0 saturated heterocycles. The van der Waals surface area contributed by atoms with E-state index < -0.39 is 15.7 Å². The first-order valence-corrected chi connectivity index (χ1v) is 6.38. The smallest absolute Gasteiger partial charge is 0.319 e. The molecule has 98 valence electrons. The summed E-state index contributed by atoms with van der Waals surface area (Å²) in [5.74, 6) is -0.532. The van der Waals surface area contributed by atoms with Crippen molar-refractivity contribution in [1.29, 1.82) is 0 Å².